The van der Waals surface area contributed by atoms with Crippen LogP contribution in [0.1, 0.15) is 27.2 Å². The van der Waals surface area contributed by atoms with Crippen LogP contribution < -0.4 is 0 Å². The molecule has 0 aliphatic carbocycles. The van der Waals surface area contributed by atoms with Crippen LogP contribution >= 0.6 is 0 Å². The molecule has 0 heterocycles. The van der Waals surface area contributed by atoms with Crippen molar-refractivity contribution in [2.75, 3.05) is 0 Å². The molecule has 10 nitrogen and oxygen atoms in total. The van der Waals surface area contributed by atoms with Crippen LogP contribution in [0.4, 0.5) is 5.69 Å². The van der Waals surface area contributed by atoms with Crippen LogP contribution in [0.25, 0.3) is 0 Å². The Morgan fingerprint density at radius 2 is 1.74 bits per heavy atom. The molecule has 0 aliphatic heterocycles. The fourth-order valence-electron chi connectivity index (χ4n) is 1.62. The molecule has 1 aromatic rings. The van der Waals surface area contributed by atoms with Gasteiger partial charge in [-0.25, -0.2) is 4.79 Å². The van der Waals surface area contributed by atoms with Gasteiger partial charge in [-0.15, -0.1) is 0 Å². The smallest absolute Gasteiger partial charge is 0.338 e. The van der Waals surface area contributed by atoms with Gasteiger partial charge in [-0.1, -0.05) is 0 Å². The van der Waals surface area contributed by atoms with Gasteiger partial charge >= 0.3 is 11.9 Å². The summed E-state index contributed by atoms with van der Waals surface area (Å²) >= 11 is 0. The molecule has 0 aliphatic rings. The lowest BCUT2D eigenvalue weighted by Gasteiger charge is -2.13. The zero-order valence-corrected chi connectivity index (χ0v) is 15.6. The molecule has 1 aromatic carbocycles. The molecule has 1 rings (SSSR count). The van der Waals surface area contributed by atoms with Crippen molar-refractivity contribution in [1.82, 2.24) is 0 Å². The highest BCUT2D eigenvalue weighted by atomic mass is 32.2. The molecule has 0 aromatic heterocycles. The number of Topliss-reactive ketones (excluding diaryl/α,β-unsaturated/α-hetero) is 1. The lowest BCUT2D eigenvalue weighted by atomic mass is 10.3. The van der Waals surface area contributed by atoms with Crippen LogP contribution in [0, 0.1) is 0 Å². The first-order valence-corrected chi connectivity index (χ1v) is 8.98. The maximum absolute atomic E-state index is 11.8. The average molecular weight is 398 g/mol. The number of ketones is 1. The summed E-state index contributed by atoms with van der Waals surface area (Å²) < 4.78 is 40.3. The van der Waals surface area contributed by atoms with Gasteiger partial charge in [0.15, 0.2) is 0 Å². The van der Waals surface area contributed by atoms with E-state index in [2.05, 4.69) is 10.2 Å². The predicted molar refractivity (Wildman–Crippen MR) is 91.5 cm³/mol. The number of nitrogens with zero attached hydrogens (tertiary/aromatic N) is 2. The van der Waals surface area contributed by atoms with Crippen LogP contribution in [0.3, 0.4) is 0 Å². The maximum Gasteiger partial charge on any atom is 0.338 e. The molecule has 0 spiro atoms. The molecule has 0 saturated carbocycles. The summed E-state index contributed by atoms with van der Waals surface area (Å²) in [6.07, 6.45) is -0.498. The van der Waals surface area contributed by atoms with Gasteiger partial charge in [0.1, 0.15) is 12.2 Å². The molecule has 1 atom stereocenters. The number of hydrogen-bond donors (Lipinski definition) is 1. The summed E-state index contributed by atoms with van der Waals surface area (Å²) in [6, 6.07) is 4.91. The quantitative estimate of drug-likeness (QED) is 0.175. The molecule has 1 N–H and O–H groups in total. The number of rotatable bonds is 8. The Balaban J connectivity index is 2.62. The van der Waals surface area contributed by atoms with Gasteiger partial charge in [-0.3, -0.25) is 14.1 Å². The van der Waals surface area contributed by atoms with Crippen molar-refractivity contribution in [3.63, 3.8) is 0 Å². The largest absolute Gasteiger partial charge is 0.425 e. The van der Waals surface area contributed by atoms with Gasteiger partial charge in [0.2, 0.25) is 6.29 Å². The molecule has 11 heteroatoms. The van der Waals surface area contributed by atoms with Crippen molar-refractivity contribution in [3.8, 4) is 0 Å². The van der Waals surface area contributed by atoms with Gasteiger partial charge in [-0.05, 0) is 38.1 Å². The van der Waals surface area contributed by atoms with Crippen LogP contribution in [-0.4, -0.2) is 37.0 Å². The van der Waals surface area contributed by atoms with Gasteiger partial charge in [-0.2, -0.15) is 18.6 Å². The normalized spacial score (nSPS) is 13.3. The molecule has 1 unspecified atom stereocenters. The van der Waals surface area contributed by atoms with E-state index in [1.165, 1.54) is 32.9 Å². The van der Waals surface area contributed by atoms with Gasteiger partial charge in [0, 0.05) is 6.92 Å². The highest BCUT2D eigenvalue weighted by Crippen LogP contribution is 2.17. The zero-order chi connectivity index (χ0) is 20.6. The summed E-state index contributed by atoms with van der Waals surface area (Å²) in [6.45, 7) is 3.94. The predicted octanol–water partition coefficient (Wildman–Crippen LogP) is 2.33. The van der Waals surface area contributed by atoms with Crippen molar-refractivity contribution < 1.29 is 36.8 Å². The Morgan fingerprint density at radius 1 is 1.15 bits per heavy atom. The Labute approximate surface area is 155 Å². The molecule has 0 bridgehead atoms. The number of hydrogen-bond acceptors (Lipinski definition) is 9. The van der Waals surface area contributed by atoms with E-state index in [0.29, 0.717) is 0 Å². The highest BCUT2D eigenvalue weighted by molar-refractivity contribution is 7.85. The minimum Gasteiger partial charge on any atom is -0.425 e. The monoisotopic (exact) mass is 398 g/mol. The Hall–Kier alpha value is -2.92. The van der Waals surface area contributed by atoms with Crippen molar-refractivity contribution in [2.24, 2.45) is 10.2 Å². The van der Waals surface area contributed by atoms with Gasteiger partial charge < -0.3 is 9.47 Å². The average Bonchev–Trinajstić information content (AvgIpc) is 2.53. The third-order valence-corrected chi connectivity index (χ3v) is 3.71. The molecule has 27 heavy (non-hydrogen) atoms. The summed E-state index contributed by atoms with van der Waals surface area (Å²) in [5.41, 5.74) is 0.342. The molecule has 146 valence electrons. The van der Waals surface area contributed by atoms with Crippen LogP contribution in [-0.2, 0) is 34.0 Å². The van der Waals surface area contributed by atoms with Crippen LogP contribution in [0.5, 0.6) is 0 Å². The first-order valence-electron chi connectivity index (χ1n) is 7.54. The molecular weight excluding hydrogens is 380 g/mol. The van der Waals surface area contributed by atoms with E-state index in [4.69, 9.17) is 14.0 Å². The zero-order valence-electron chi connectivity index (χ0n) is 14.8. The number of carbonyl (C=O) groups is 3. The van der Waals surface area contributed by atoms with Gasteiger partial charge in [0.05, 0.1) is 22.4 Å². The van der Waals surface area contributed by atoms with Crippen LogP contribution in [0.2, 0.25) is 0 Å². The first kappa shape index (κ1) is 22.1. The Kier molecular flexibility index (Phi) is 7.94. The van der Waals surface area contributed by atoms with Gasteiger partial charge in [0.25, 0.3) is 10.1 Å². The first-order chi connectivity index (χ1) is 12.5. The minimum absolute atomic E-state index is 0.0581. The fraction of sp³-hybridized carbons (Fsp3) is 0.312. The fourth-order valence-corrected chi connectivity index (χ4v) is 2.10. The van der Waals surface area contributed by atoms with Crippen molar-refractivity contribution in [1.29, 1.82) is 0 Å². The van der Waals surface area contributed by atoms with E-state index in [9.17, 15) is 22.8 Å². The van der Waals surface area contributed by atoms with E-state index in [1.807, 2.05) is 0 Å². The Morgan fingerprint density at radius 3 is 2.26 bits per heavy atom. The van der Waals surface area contributed by atoms with Crippen molar-refractivity contribution >= 4 is 33.5 Å². The molecular formula is C16H18N2O8S. The summed E-state index contributed by atoms with van der Waals surface area (Å²) in [5, 5.41) is 7.41. The highest BCUT2D eigenvalue weighted by Gasteiger charge is 2.16. The minimum atomic E-state index is -4.29. The number of benzene rings is 1. The molecule has 0 amide bonds. The number of ether oxygens (including phenoxy) is 2. The summed E-state index contributed by atoms with van der Waals surface area (Å²) in [7, 11) is -4.29. The number of carbonyl (C=O) groups excluding carboxylic acids is 3. The van der Waals surface area contributed by atoms with Crippen molar-refractivity contribution in [3.05, 3.63) is 36.0 Å². The van der Waals surface area contributed by atoms with E-state index in [-0.39, 0.29) is 21.9 Å². The van der Waals surface area contributed by atoms with E-state index >= 15 is 0 Å². The lowest BCUT2D eigenvalue weighted by molar-refractivity contribution is -0.181. The SMILES string of the molecule is CC(=O)CC(=O)OC(C)OC(=O)C(C)=CN=Nc1ccc(S(=O)(=O)O)cc1. The van der Waals surface area contributed by atoms with Crippen molar-refractivity contribution in [2.45, 2.75) is 38.4 Å². The third kappa shape index (κ3) is 8.33. The van der Waals surface area contributed by atoms with Crippen LogP contribution in [0.15, 0.2) is 51.2 Å². The summed E-state index contributed by atoms with van der Waals surface area (Å²) in [5.74, 6) is -1.99. The van der Waals surface area contributed by atoms with E-state index in [0.717, 1.165) is 18.3 Å². The number of azo groups is 1. The topological polar surface area (TPSA) is 149 Å². The standard InChI is InChI=1S/C16H18N2O8S/c1-10(16(21)26-12(3)25-15(20)8-11(2)19)9-17-18-13-4-6-14(7-5-13)27(22,23)24/h4-7,9,12H,8H2,1-3H3,(H,22,23,24). The molecule has 0 saturated heterocycles. The second kappa shape index (κ2) is 9.69. The maximum atomic E-state index is 11.8. The number of esters is 2. The summed E-state index contributed by atoms with van der Waals surface area (Å²) in [4.78, 5) is 33.6. The van der Waals surface area contributed by atoms with E-state index < -0.39 is 34.8 Å². The molecule has 0 radical (unpaired) electrons. The second-order valence-corrected chi connectivity index (χ2v) is 6.76. The van der Waals surface area contributed by atoms with E-state index in [1.54, 1.807) is 0 Å². The Bertz CT molecular complexity index is 872. The second-order valence-electron chi connectivity index (χ2n) is 5.34. The molecule has 0 fully saturated rings. The third-order valence-electron chi connectivity index (χ3n) is 2.84. The lowest BCUT2D eigenvalue weighted by Crippen LogP contribution is -2.23.